The molecular weight excluding hydrogens is 382 g/mol. The van der Waals surface area contributed by atoms with Crippen molar-refractivity contribution in [3.05, 3.63) is 59.7 Å². The van der Waals surface area contributed by atoms with Crippen LogP contribution in [0.5, 0.6) is 0 Å². The Labute approximate surface area is 186 Å². The summed E-state index contributed by atoms with van der Waals surface area (Å²) in [6, 6.07) is 18.4. The fourth-order valence-corrected chi connectivity index (χ4v) is 6.05. The number of nitrogens with zero attached hydrogens (tertiary/aromatic N) is 2. The Morgan fingerprint density at radius 2 is 1.68 bits per heavy atom. The Morgan fingerprint density at radius 1 is 0.968 bits per heavy atom. The van der Waals surface area contributed by atoms with Crippen LogP contribution in [0.3, 0.4) is 0 Å². The van der Waals surface area contributed by atoms with Crippen LogP contribution in [0.25, 0.3) is 11.1 Å². The molecular formula is C27H35N3O. The highest BCUT2D eigenvalue weighted by molar-refractivity contribution is 5.95. The lowest BCUT2D eigenvalue weighted by molar-refractivity contribution is -0.0544. The Balaban J connectivity index is 1.29. The van der Waals surface area contributed by atoms with Gasteiger partial charge in [-0.25, -0.2) is 0 Å². The molecule has 4 nitrogen and oxygen atoms in total. The van der Waals surface area contributed by atoms with E-state index in [9.17, 15) is 4.79 Å². The van der Waals surface area contributed by atoms with Crippen molar-refractivity contribution >= 4 is 5.91 Å². The van der Waals surface area contributed by atoms with E-state index in [2.05, 4.69) is 40.5 Å². The van der Waals surface area contributed by atoms with E-state index in [1.165, 1.54) is 49.8 Å². The van der Waals surface area contributed by atoms with E-state index in [-0.39, 0.29) is 5.91 Å². The predicted octanol–water partition coefficient (Wildman–Crippen LogP) is 4.38. The van der Waals surface area contributed by atoms with E-state index >= 15 is 0 Å². The van der Waals surface area contributed by atoms with Gasteiger partial charge in [0.1, 0.15) is 0 Å². The molecule has 3 aliphatic rings. The smallest absolute Gasteiger partial charge is 0.253 e. The van der Waals surface area contributed by atoms with E-state index in [0.717, 1.165) is 30.1 Å². The minimum atomic E-state index is 0.0475. The first kappa shape index (κ1) is 20.7. The van der Waals surface area contributed by atoms with Crippen LogP contribution < -0.4 is 5.32 Å². The number of nitrogens with one attached hydrogen (secondary N) is 1. The number of benzene rings is 2. The Hall–Kier alpha value is -2.17. The Bertz CT molecular complexity index is 904. The maximum absolute atomic E-state index is 12.3. The molecule has 5 rings (SSSR count). The van der Waals surface area contributed by atoms with Gasteiger partial charge in [-0.05, 0) is 47.6 Å². The van der Waals surface area contributed by atoms with Gasteiger partial charge in [0.15, 0.2) is 0 Å². The second kappa shape index (κ2) is 8.76. The fraction of sp³-hybridized carbons (Fsp3) is 0.519. The number of piperidine rings is 1. The minimum absolute atomic E-state index is 0.0475. The molecule has 1 N–H and O–H groups in total. The van der Waals surface area contributed by atoms with Crippen LogP contribution >= 0.6 is 0 Å². The molecule has 1 saturated carbocycles. The highest BCUT2D eigenvalue weighted by Crippen LogP contribution is 2.44. The molecule has 164 valence electrons. The molecule has 2 heterocycles. The fourth-order valence-electron chi connectivity index (χ4n) is 6.05. The number of amides is 1. The third-order valence-corrected chi connectivity index (χ3v) is 7.73. The number of hydrogen-bond acceptors (Lipinski definition) is 3. The van der Waals surface area contributed by atoms with E-state index in [0.29, 0.717) is 18.0 Å². The Morgan fingerprint density at radius 3 is 2.35 bits per heavy atom. The Kier molecular flexibility index (Phi) is 5.85. The van der Waals surface area contributed by atoms with Crippen LogP contribution in [-0.2, 0) is 0 Å². The summed E-state index contributed by atoms with van der Waals surface area (Å²) in [7, 11) is 3.59. The topological polar surface area (TPSA) is 35.6 Å². The SMILES string of the molecule is CN(C)C(=O)c1cccc(-c2ccc(C3[C@H]4CNC[C@@H]3N4CC3CCCCC3)cc2)c1. The number of carbonyl (C=O) groups excluding carboxylic acids is 1. The largest absolute Gasteiger partial charge is 0.345 e. The number of rotatable bonds is 5. The standard InChI is InChI=1S/C27H35N3O/c1-29(2)27(31)23-10-6-9-22(15-23)20-11-13-21(14-12-20)26-24-16-28-17-25(26)30(24)18-19-7-4-3-5-8-19/h6,9-15,19,24-26,28H,3-5,7-8,16-18H2,1-2H3/t24-,25+,26?. The van der Waals surface area contributed by atoms with Crippen molar-refractivity contribution in [1.82, 2.24) is 15.1 Å². The second-order valence-corrected chi connectivity index (χ2v) is 9.92. The summed E-state index contributed by atoms with van der Waals surface area (Å²) < 4.78 is 0. The molecule has 2 aromatic rings. The zero-order chi connectivity index (χ0) is 21.4. The second-order valence-electron chi connectivity index (χ2n) is 9.92. The van der Waals surface area contributed by atoms with Gasteiger partial charge >= 0.3 is 0 Å². The van der Waals surface area contributed by atoms with Gasteiger partial charge in [-0.15, -0.1) is 0 Å². The molecule has 1 amide bonds. The number of piperazine rings is 1. The summed E-state index contributed by atoms with van der Waals surface area (Å²) in [5.74, 6) is 1.61. The monoisotopic (exact) mass is 417 g/mol. The highest BCUT2D eigenvalue weighted by Gasteiger charge is 2.51. The van der Waals surface area contributed by atoms with Crippen molar-refractivity contribution < 1.29 is 4.79 Å². The molecule has 0 radical (unpaired) electrons. The molecule has 2 bridgehead atoms. The van der Waals surface area contributed by atoms with E-state index in [4.69, 9.17) is 0 Å². The molecule has 0 aromatic heterocycles. The molecule has 1 aliphatic carbocycles. The normalized spacial score (nSPS) is 26.3. The van der Waals surface area contributed by atoms with Gasteiger partial charge < -0.3 is 10.2 Å². The summed E-state index contributed by atoms with van der Waals surface area (Å²) in [5.41, 5.74) is 4.50. The molecule has 2 aliphatic heterocycles. The van der Waals surface area contributed by atoms with Crippen LogP contribution in [0.1, 0.15) is 53.9 Å². The first-order chi connectivity index (χ1) is 15.1. The summed E-state index contributed by atoms with van der Waals surface area (Å²) >= 11 is 0. The first-order valence-corrected chi connectivity index (χ1v) is 12.0. The lowest BCUT2D eigenvalue weighted by Crippen LogP contribution is -2.73. The van der Waals surface area contributed by atoms with Crippen molar-refractivity contribution in [2.45, 2.75) is 50.1 Å². The maximum Gasteiger partial charge on any atom is 0.253 e. The van der Waals surface area contributed by atoms with Gasteiger partial charge in [-0.3, -0.25) is 9.69 Å². The van der Waals surface area contributed by atoms with Crippen molar-refractivity contribution in [2.24, 2.45) is 5.92 Å². The molecule has 2 saturated heterocycles. The van der Waals surface area contributed by atoms with Gasteiger partial charge in [0.25, 0.3) is 5.91 Å². The number of fused-ring (bicyclic) bond motifs is 2. The molecule has 3 atom stereocenters. The predicted molar refractivity (Wildman–Crippen MR) is 126 cm³/mol. The third-order valence-electron chi connectivity index (χ3n) is 7.73. The maximum atomic E-state index is 12.3. The highest BCUT2D eigenvalue weighted by atomic mass is 16.2. The minimum Gasteiger partial charge on any atom is -0.345 e. The van der Waals surface area contributed by atoms with Gasteiger partial charge in [0.2, 0.25) is 0 Å². The number of carbonyl (C=O) groups is 1. The molecule has 4 heteroatoms. The molecule has 1 unspecified atom stereocenters. The van der Waals surface area contributed by atoms with Crippen molar-refractivity contribution in [3.63, 3.8) is 0 Å². The molecule has 2 aromatic carbocycles. The van der Waals surface area contributed by atoms with Crippen LogP contribution in [-0.4, -0.2) is 61.5 Å². The lowest BCUT2D eigenvalue weighted by atomic mass is 9.71. The summed E-state index contributed by atoms with van der Waals surface area (Å²) in [4.78, 5) is 16.8. The van der Waals surface area contributed by atoms with Crippen molar-refractivity contribution in [3.8, 4) is 11.1 Å². The van der Waals surface area contributed by atoms with Crippen molar-refractivity contribution in [2.75, 3.05) is 33.7 Å². The van der Waals surface area contributed by atoms with Crippen LogP contribution in [0.15, 0.2) is 48.5 Å². The quantitative estimate of drug-likeness (QED) is 0.784. The number of hydrogen-bond donors (Lipinski definition) is 1. The van der Waals surface area contributed by atoms with Gasteiger partial charge in [0.05, 0.1) is 0 Å². The van der Waals surface area contributed by atoms with Crippen LogP contribution in [0, 0.1) is 5.92 Å². The molecule has 0 spiro atoms. The molecule has 3 fully saturated rings. The third kappa shape index (κ3) is 4.04. The average molecular weight is 418 g/mol. The number of likely N-dealkylation sites (tertiary alicyclic amines) is 1. The molecule has 31 heavy (non-hydrogen) atoms. The van der Waals surface area contributed by atoms with Gasteiger partial charge in [-0.1, -0.05) is 55.7 Å². The average Bonchev–Trinajstić information content (AvgIpc) is 2.83. The van der Waals surface area contributed by atoms with E-state index < -0.39 is 0 Å². The van der Waals surface area contributed by atoms with Crippen LogP contribution in [0.2, 0.25) is 0 Å². The first-order valence-electron chi connectivity index (χ1n) is 12.0. The summed E-state index contributed by atoms with van der Waals surface area (Å²) in [6.07, 6.45) is 7.15. The summed E-state index contributed by atoms with van der Waals surface area (Å²) in [5, 5.41) is 3.64. The zero-order valence-corrected chi connectivity index (χ0v) is 18.9. The van der Waals surface area contributed by atoms with E-state index in [1.54, 1.807) is 19.0 Å². The van der Waals surface area contributed by atoms with Crippen molar-refractivity contribution in [1.29, 1.82) is 0 Å². The van der Waals surface area contributed by atoms with Crippen LogP contribution in [0.4, 0.5) is 0 Å². The zero-order valence-electron chi connectivity index (χ0n) is 18.9. The van der Waals surface area contributed by atoms with Gasteiger partial charge in [0, 0.05) is 57.3 Å². The summed E-state index contributed by atoms with van der Waals surface area (Å²) in [6.45, 7) is 3.53. The van der Waals surface area contributed by atoms with Gasteiger partial charge in [-0.2, -0.15) is 0 Å². The lowest BCUT2D eigenvalue weighted by Gasteiger charge is -2.60. The van der Waals surface area contributed by atoms with E-state index in [1.807, 2.05) is 18.2 Å².